The van der Waals surface area contributed by atoms with Crippen molar-refractivity contribution in [2.75, 3.05) is 32.2 Å². The molecule has 0 aromatic carbocycles. The zero-order valence-electron chi connectivity index (χ0n) is 18.5. The Kier molecular flexibility index (Phi) is 13.6. The summed E-state index contributed by atoms with van der Waals surface area (Å²) in [4.78, 5) is 21.4. The van der Waals surface area contributed by atoms with E-state index in [0.29, 0.717) is 42.8 Å². The minimum absolute atomic E-state index is 0. The maximum Gasteiger partial charge on any atom is 2.00 e. The number of carbonyl (C=O) groups is 1. The fourth-order valence-corrected chi connectivity index (χ4v) is 4.09. The van der Waals surface area contributed by atoms with E-state index in [4.69, 9.17) is 14.0 Å². The third-order valence-corrected chi connectivity index (χ3v) is 5.50. The van der Waals surface area contributed by atoms with Gasteiger partial charge in [0.15, 0.2) is 0 Å². The molecule has 1 aliphatic carbocycles. The van der Waals surface area contributed by atoms with Crippen molar-refractivity contribution in [1.29, 1.82) is 0 Å². The van der Waals surface area contributed by atoms with Gasteiger partial charge in [-0.15, -0.1) is 0 Å². The second kappa shape index (κ2) is 15.3. The van der Waals surface area contributed by atoms with Crippen LogP contribution in [0.3, 0.4) is 0 Å². The number of carbonyl (C=O) groups excluding carboxylic acids is 1. The maximum absolute atomic E-state index is 13.0. The van der Waals surface area contributed by atoms with E-state index in [9.17, 15) is 4.79 Å². The van der Waals surface area contributed by atoms with Crippen LogP contribution in [-0.4, -0.2) is 63.6 Å². The number of anilines is 1. The van der Waals surface area contributed by atoms with Crippen molar-refractivity contribution in [1.82, 2.24) is 19.7 Å². The molecule has 0 saturated heterocycles. The van der Waals surface area contributed by atoms with Crippen molar-refractivity contribution in [3.63, 3.8) is 0 Å². The molecule has 0 bridgehead atoms. The Bertz CT molecular complexity index is 897. The van der Waals surface area contributed by atoms with Crippen molar-refractivity contribution in [2.45, 2.75) is 38.3 Å². The van der Waals surface area contributed by atoms with Gasteiger partial charge >= 0.3 is 19.8 Å². The molecule has 12 heteroatoms. The molecule has 0 radical (unpaired) electrons. The van der Waals surface area contributed by atoms with E-state index < -0.39 is 0 Å². The topological polar surface area (TPSA) is 145 Å². The predicted molar refractivity (Wildman–Crippen MR) is 123 cm³/mol. The number of rotatable bonds is 8. The molecular formula is C21H30N6O4OsS. The Labute approximate surface area is 212 Å². The van der Waals surface area contributed by atoms with Crippen molar-refractivity contribution >= 4 is 24.5 Å². The van der Waals surface area contributed by atoms with Gasteiger partial charge in [0, 0.05) is 32.2 Å². The number of hydrogen-bond donors (Lipinski definition) is 2. The molecule has 1 saturated carbocycles. The van der Waals surface area contributed by atoms with Crippen LogP contribution >= 0.6 is 0 Å². The van der Waals surface area contributed by atoms with Crippen molar-refractivity contribution in [3.8, 4) is 0 Å². The van der Waals surface area contributed by atoms with Gasteiger partial charge in [-0.1, -0.05) is 6.08 Å². The van der Waals surface area contributed by atoms with Gasteiger partial charge in [-0.05, 0) is 43.2 Å². The van der Waals surface area contributed by atoms with E-state index in [-0.39, 0.29) is 37.8 Å². The minimum atomic E-state index is -0.191. The zero-order valence-corrected chi connectivity index (χ0v) is 21.9. The van der Waals surface area contributed by atoms with Crippen LogP contribution in [0.25, 0.3) is 6.15 Å². The number of nitrogens with one attached hydrogen (secondary N) is 1. The van der Waals surface area contributed by atoms with Crippen LogP contribution in [0.15, 0.2) is 36.4 Å². The van der Waals surface area contributed by atoms with Crippen LogP contribution in [0, 0.1) is 5.92 Å². The monoisotopic (exact) mass is 654 g/mol. The Morgan fingerprint density at radius 1 is 1.39 bits per heavy atom. The molecule has 10 nitrogen and oxygen atoms in total. The number of nitrogens with zero attached hydrogens (tertiary/aromatic N) is 4. The molecule has 2 unspecified atom stereocenters. The van der Waals surface area contributed by atoms with Gasteiger partial charge < -0.3 is 38.4 Å². The molecule has 0 amide bonds. The Hall–Kier alpha value is -1.67. The molecule has 1 fully saturated rings. The predicted octanol–water partition coefficient (Wildman–Crippen LogP) is 2.63. The molecule has 2 aromatic heterocycles. The van der Waals surface area contributed by atoms with Crippen LogP contribution in [0.4, 0.5) is 5.82 Å². The standard InChI is InChI=1S/C20H25N5O3S.CH4O.H2N.Os/c26-19(18-5-6-25(24-18)10-15-2-1-7-27-11-15)17-9-21-13-22-20(17)23-16-4-3-14(8-16)12-28-29;1-2;;/h2,5-6,9,13-14,16,29H,1,3-4,7-8,10-12H2,(H,21,22,23);2H,1H3;1H2;/q;;-1;+2/p-1. The van der Waals surface area contributed by atoms with E-state index in [1.165, 1.54) is 11.9 Å². The van der Waals surface area contributed by atoms with Crippen LogP contribution in [0.2, 0.25) is 0 Å². The first kappa shape index (κ1) is 29.4. The zero-order chi connectivity index (χ0) is 22.1. The van der Waals surface area contributed by atoms with Gasteiger partial charge in [-0.3, -0.25) is 9.48 Å². The number of ether oxygens (including phenoxy) is 1. The summed E-state index contributed by atoms with van der Waals surface area (Å²) in [6, 6.07) is 1.97. The molecule has 3 heterocycles. The van der Waals surface area contributed by atoms with Crippen LogP contribution in [0.5, 0.6) is 0 Å². The molecule has 4 N–H and O–H groups in total. The number of aromatic nitrogens is 4. The Balaban J connectivity index is 0.00000133. The first-order valence-electron chi connectivity index (χ1n) is 10.3. The Morgan fingerprint density at radius 3 is 2.94 bits per heavy atom. The van der Waals surface area contributed by atoms with Gasteiger partial charge in [0.05, 0.1) is 25.3 Å². The number of aliphatic hydroxyl groups is 1. The number of aliphatic hydroxyl groups excluding tert-OH is 1. The first-order chi connectivity index (χ1) is 15.2. The average molecular weight is 653 g/mol. The van der Waals surface area contributed by atoms with Gasteiger partial charge in [-0.2, -0.15) is 5.10 Å². The number of ketones is 1. The summed E-state index contributed by atoms with van der Waals surface area (Å²) in [6.07, 6.45) is 10.9. The molecule has 33 heavy (non-hydrogen) atoms. The molecule has 4 rings (SSSR count). The third-order valence-electron chi connectivity index (χ3n) is 5.36. The van der Waals surface area contributed by atoms with Gasteiger partial charge in [0.25, 0.3) is 0 Å². The van der Waals surface area contributed by atoms with E-state index in [1.54, 1.807) is 16.9 Å². The fraction of sp³-hybridized carbons (Fsp3) is 0.524. The van der Waals surface area contributed by atoms with Gasteiger partial charge in [0.2, 0.25) is 5.78 Å². The van der Waals surface area contributed by atoms with E-state index in [0.717, 1.165) is 39.4 Å². The van der Waals surface area contributed by atoms with Crippen molar-refractivity contribution < 1.29 is 38.6 Å². The summed E-state index contributed by atoms with van der Waals surface area (Å²) in [7, 11) is 1.00. The smallest absolute Gasteiger partial charge is 0.693 e. The fourth-order valence-electron chi connectivity index (χ4n) is 3.89. The Morgan fingerprint density at radius 2 is 2.21 bits per heavy atom. The summed E-state index contributed by atoms with van der Waals surface area (Å²) in [6.45, 7) is 2.58. The molecule has 2 aromatic rings. The number of nitrogens with two attached hydrogens (primary N) is 1. The molecule has 2 atom stereocenters. The molecule has 1 aliphatic heterocycles. The summed E-state index contributed by atoms with van der Waals surface area (Å²) < 4.78 is 12.1. The maximum atomic E-state index is 13.0. The minimum Gasteiger partial charge on any atom is -0.693 e. The SMILES string of the molecule is CO.O=C(c1ccn(CC2=CCCOC2)n1)c1cncnc1NC1CCC(CO[S-])C1.[NH2-].[Os+2]. The first-order valence-corrected chi connectivity index (χ1v) is 10.7. The average Bonchev–Trinajstić information content (AvgIpc) is 3.46. The number of hydrogen-bond acceptors (Lipinski definition) is 9. The molecule has 0 spiro atoms. The molecule has 182 valence electrons. The second-order valence-electron chi connectivity index (χ2n) is 7.52. The third kappa shape index (κ3) is 8.24. The van der Waals surface area contributed by atoms with Crippen LogP contribution < -0.4 is 5.32 Å². The van der Waals surface area contributed by atoms with E-state index in [2.05, 4.69) is 39.4 Å². The quantitative estimate of drug-likeness (QED) is 0.250. The van der Waals surface area contributed by atoms with Crippen LogP contribution in [-0.2, 0) is 48.2 Å². The van der Waals surface area contributed by atoms with Crippen molar-refractivity contribution in [2.24, 2.45) is 5.92 Å². The van der Waals surface area contributed by atoms with Crippen LogP contribution in [0.1, 0.15) is 41.7 Å². The summed E-state index contributed by atoms with van der Waals surface area (Å²) in [5.74, 6) is 0.803. The second-order valence-corrected chi connectivity index (χ2v) is 7.76. The summed E-state index contributed by atoms with van der Waals surface area (Å²) in [5, 5.41) is 14.8. The largest absolute Gasteiger partial charge is 2.00 e. The molecule has 2 aliphatic rings. The van der Waals surface area contributed by atoms with Gasteiger partial charge in [-0.25, -0.2) is 9.97 Å². The normalized spacial score (nSPS) is 19.3. The van der Waals surface area contributed by atoms with E-state index >= 15 is 0 Å². The van der Waals surface area contributed by atoms with Crippen molar-refractivity contribution in [3.05, 3.63) is 53.8 Å². The van der Waals surface area contributed by atoms with Gasteiger partial charge in [0.1, 0.15) is 17.8 Å². The summed E-state index contributed by atoms with van der Waals surface area (Å²) in [5.41, 5.74) is 1.98. The molecular weight excluding hydrogens is 623 g/mol. The summed E-state index contributed by atoms with van der Waals surface area (Å²) >= 11 is 4.61. The van der Waals surface area contributed by atoms with E-state index in [1.807, 2.05) is 6.20 Å².